The fraction of sp³-hybridized carbons (Fsp3) is 0.684. The number of hydrogen-bond acceptors (Lipinski definition) is 1. The Balaban J connectivity index is 1.74. The van der Waals surface area contributed by atoms with Crippen molar-refractivity contribution in [3.63, 3.8) is 0 Å². The molecule has 0 spiro atoms. The Hall–Kier alpha value is -0.340. The van der Waals surface area contributed by atoms with Crippen LogP contribution in [0.15, 0.2) is 28.7 Å². The highest BCUT2D eigenvalue weighted by Crippen LogP contribution is 2.64. The molecule has 3 aliphatic rings. The van der Waals surface area contributed by atoms with Crippen LogP contribution in [0.2, 0.25) is 0 Å². The standard InChI is InChI=1S/C19H25BrO/c1-18(21,16-4-6-17(20)7-5-16)19-8-2-3-14-9-13(11-19)10-15(14)12-19/h4-7,13-15,21H,2-3,8-12H2,1H3. The fourth-order valence-electron chi connectivity index (χ4n) is 5.87. The monoisotopic (exact) mass is 348 g/mol. The van der Waals surface area contributed by atoms with Gasteiger partial charge >= 0.3 is 0 Å². The maximum absolute atomic E-state index is 11.5. The number of benzene rings is 1. The van der Waals surface area contributed by atoms with Crippen LogP contribution >= 0.6 is 15.9 Å². The molecule has 5 atom stereocenters. The zero-order valence-electron chi connectivity index (χ0n) is 12.8. The van der Waals surface area contributed by atoms with Crippen molar-refractivity contribution >= 4 is 15.9 Å². The van der Waals surface area contributed by atoms with Gasteiger partial charge in [-0.1, -0.05) is 40.9 Å². The molecule has 0 aliphatic heterocycles. The van der Waals surface area contributed by atoms with E-state index in [9.17, 15) is 5.11 Å². The lowest BCUT2D eigenvalue weighted by Gasteiger charge is -2.50. The van der Waals surface area contributed by atoms with Gasteiger partial charge in [-0.3, -0.25) is 0 Å². The number of aliphatic hydroxyl groups is 1. The van der Waals surface area contributed by atoms with Crippen LogP contribution in [0.25, 0.3) is 0 Å². The van der Waals surface area contributed by atoms with Gasteiger partial charge in [0.2, 0.25) is 0 Å². The van der Waals surface area contributed by atoms with E-state index in [0.29, 0.717) is 0 Å². The summed E-state index contributed by atoms with van der Waals surface area (Å²) in [4.78, 5) is 0. The second-order valence-electron chi connectivity index (χ2n) is 8.02. The minimum Gasteiger partial charge on any atom is -0.385 e. The van der Waals surface area contributed by atoms with Crippen LogP contribution in [-0.4, -0.2) is 5.11 Å². The molecule has 2 heteroatoms. The van der Waals surface area contributed by atoms with E-state index in [4.69, 9.17) is 0 Å². The maximum Gasteiger partial charge on any atom is 0.0924 e. The fourth-order valence-corrected chi connectivity index (χ4v) is 6.14. The second kappa shape index (κ2) is 4.83. The van der Waals surface area contributed by atoms with Gasteiger partial charge in [-0.2, -0.15) is 0 Å². The van der Waals surface area contributed by atoms with Crippen LogP contribution in [0.5, 0.6) is 0 Å². The van der Waals surface area contributed by atoms with Crippen LogP contribution < -0.4 is 0 Å². The van der Waals surface area contributed by atoms with E-state index in [1.807, 2.05) is 0 Å². The maximum atomic E-state index is 11.5. The molecule has 1 N–H and O–H groups in total. The Bertz CT molecular complexity index is 535. The topological polar surface area (TPSA) is 20.2 Å². The lowest BCUT2D eigenvalue weighted by atomic mass is 9.57. The summed E-state index contributed by atoms with van der Waals surface area (Å²) in [6.07, 6.45) is 9.27. The predicted octanol–water partition coefficient (Wildman–Crippen LogP) is 5.26. The van der Waals surface area contributed by atoms with Gasteiger partial charge < -0.3 is 5.11 Å². The largest absolute Gasteiger partial charge is 0.385 e. The summed E-state index contributed by atoms with van der Waals surface area (Å²) in [6, 6.07) is 8.35. The van der Waals surface area contributed by atoms with Gasteiger partial charge in [-0.05, 0) is 74.5 Å². The molecule has 0 aromatic heterocycles. The predicted molar refractivity (Wildman–Crippen MR) is 88.9 cm³/mol. The van der Waals surface area contributed by atoms with Crippen molar-refractivity contribution in [2.75, 3.05) is 0 Å². The molecule has 0 heterocycles. The summed E-state index contributed by atoms with van der Waals surface area (Å²) < 4.78 is 1.09. The van der Waals surface area contributed by atoms with Gasteiger partial charge in [-0.25, -0.2) is 0 Å². The lowest BCUT2D eigenvalue weighted by molar-refractivity contribution is -0.113. The van der Waals surface area contributed by atoms with E-state index in [2.05, 4.69) is 47.1 Å². The molecule has 0 amide bonds. The van der Waals surface area contributed by atoms with Crippen LogP contribution in [0.1, 0.15) is 57.4 Å². The van der Waals surface area contributed by atoms with Crippen LogP contribution in [0, 0.1) is 23.2 Å². The van der Waals surface area contributed by atoms with Crippen molar-refractivity contribution in [2.45, 2.75) is 57.5 Å². The molecule has 0 radical (unpaired) electrons. The molecule has 4 rings (SSSR count). The number of halogens is 1. The van der Waals surface area contributed by atoms with Gasteiger partial charge in [0, 0.05) is 9.89 Å². The molecule has 0 saturated heterocycles. The normalized spacial score (nSPS) is 40.8. The molecular formula is C19H25BrO. The minimum atomic E-state index is -0.691. The van der Waals surface area contributed by atoms with Gasteiger partial charge in [0.05, 0.1) is 5.60 Å². The van der Waals surface area contributed by atoms with E-state index >= 15 is 0 Å². The molecule has 21 heavy (non-hydrogen) atoms. The Labute approximate surface area is 136 Å². The average molecular weight is 349 g/mol. The first-order chi connectivity index (χ1) is 10.0. The zero-order valence-corrected chi connectivity index (χ0v) is 14.4. The average Bonchev–Trinajstić information content (AvgIpc) is 2.65. The molecule has 3 aliphatic carbocycles. The Morgan fingerprint density at radius 2 is 1.86 bits per heavy atom. The van der Waals surface area contributed by atoms with Crippen LogP contribution in [0.3, 0.4) is 0 Å². The third-order valence-corrected chi connectivity index (χ3v) is 7.47. The van der Waals surface area contributed by atoms with Gasteiger partial charge in [0.15, 0.2) is 0 Å². The highest BCUT2D eigenvalue weighted by atomic mass is 79.9. The molecule has 1 nitrogen and oxygen atoms in total. The van der Waals surface area contributed by atoms with Gasteiger partial charge in [0.25, 0.3) is 0 Å². The van der Waals surface area contributed by atoms with Crippen molar-refractivity contribution in [1.82, 2.24) is 0 Å². The SMILES string of the molecule is CC(O)(c1ccc(Br)cc1)C12CCCC3CC(CC3C1)C2. The van der Waals surface area contributed by atoms with Crippen LogP contribution in [0.4, 0.5) is 0 Å². The molecular weight excluding hydrogens is 324 g/mol. The summed E-state index contributed by atoms with van der Waals surface area (Å²) in [7, 11) is 0. The van der Waals surface area contributed by atoms with E-state index in [1.165, 1.54) is 44.9 Å². The highest BCUT2D eigenvalue weighted by Gasteiger charge is 2.57. The molecule has 114 valence electrons. The molecule has 5 unspecified atom stereocenters. The van der Waals surface area contributed by atoms with Crippen molar-refractivity contribution in [2.24, 2.45) is 23.2 Å². The number of rotatable bonds is 2. The van der Waals surface area contributed by atoms with E-state index < -0.39 is 5.60 Å². The summed E-state index contributed by atoms with van der Waals surface area (Å²) in [5.41, 5.74) is 0.522. The van der Waals surface area contributed by atoms with Crippen molar-refractivity contribution in [3.05, 3.63) is 34.3 Å². The number of fused-ring (bicyclic) bond motifs is 2. The summed E-state index contributed by atoms with van der Waals surface area (Å²) in [5.74, 6) is 2.71. The Morgan fingerprint density at radius 3 is 2.62 bits per heavy atom. The first kappa shape index (κ1) is 14.3. The van der Waals surface area contributed by atoms with Crippen molar-refractivity contribution in [1.29, 1.82) is 0 Å². The molecule has 3 saturated carbocycles. The molecule has 1 aromatic carbocycles. The summed E-state index contributed by atoms with van der Waals surface area (Å²) >= 11 is 3.51. The zero-order chi connectivity index (χ0) is 14.7. The lowest BCUT2D eigenvalue weighted by Crippen LogP contribution is -2.47. The highest BCUT2D eigenvalue weighted by molar-refractivity contribution is 9.10. The first-order valence-corrected chi connectivity index (χ1v) is 9.28. The van der Waals surface area contributed by atoms with Crippen molar-refractivity contribution < 1.29 is 5.11 Å². The molecule has 3 bridgehead atoms. The van der Waals surface area contributed by atoms with E-state index in [0.717, 1.165) is 27.8 Å². The summed E-state index contributed by atoms with van der Waals surface area (Å²) in [6.45, 7) is 2.08. The minimum absolute atomic E-state index is 0.111. The third kappa shape index (κ3) is 2.13. The van der Waals surface area contributed by atoms with Crippen molar-refractivity contribution in [3.8, 4) is 0 Å². The van der Waals surface area contributed by atoms with Crippen LogP contribution in [-0.2, 0) is 5.60 Å². The number of hydrogen-bond donors (Lipinski definition) is 1. The summed E-state index contributed by atoms with van der Waals surface area (Å²) in [5, 5.41) is 11.5. The van der Waals surface area contributed by atoms with E-state index in [1.54, 1.807) is 0 Å². The smallest absolute Gasteiger partial charge is 0.0924 e. The van der Waals surface area contributed by atoms with E-state index in [-0.39, 0.29) is 5.41 Å². The quantitative estimate of drug-likeness (QED) is 0.772. The Morgan fingerprint density at radius 1 is 1.14 bits per heavy atom. The Kier molecular flexibility index (Phi) is 3.28. The molecule has 1 aromatic rings. The molecule has 3 fully saturated rings. The van der Waals surface area contributed by atoms with Gasteiger partial charge in [-0.15, -0.1) is 0 Å². The first-order valence-electron chi connectivity index (χ1n) is 8.49. The van der Waals surface area contributed by atoms with Gasteiger partial charge in [0.1, 0.15) is 0 Å². The second-order valence-corrected chi connectivity index (χ2v) is 8.93. The third-order valence-electron chi connectivity index (χ3n) is 6.94.